The van der Waals surface area contributed by atoms with Gasteiger partial charge in [0.25, 0.3) is 5.69 Å². The van der Waals surface area contributed by atoms with Crippen LogP contribution in [0, 0.1) is 10.1 Å². The van der Waals surface area contributed by atoms with Crippen LogP contribution in [-0.2, 0) is 6.54 Å². The van der Waals surface area contributed by atoms with Gasteiger partial charge in [-0.25, -0.2) is 0 Å². The van der Waals surface area contributed by atoms with Gasteiger partial charge in [-0.2, -0.15) is 0 Å². The van der Waals surface area contributed by atoms with Crippen molar-refractivity contribution in [3.8, 4) is 0 Å². The normalized spacial score (nSPS) is 10.2. The Morgan fingerprint density at radius 2 is 1.89 bits per heavy atom. The molecule has 0 atom stereocenters. The van der Waals surface area contributed by atoms with Crippen LogP contribution < -0.4 is 4.90 Å². The smallest absolute Gasteiger partial charge is 0.292 e. The zero-order valence-electron chi connectivity index (χ0n) is 10.4. The lowest BCUT2D eigenvalue weighted by Crippen LogP contribution is -2.17. The fraction of sp³-hybridized carbons (Fsp3) is 0.143. The molecule has 2 aromatic rings. The van der Waals surface area contributed by atoms with E-state index in [1.165, 1.54) is 6.07 Å². The first-order valence-corrected chi connectivity index (χ1v) is 6.56. The average molecular weight is 321 g/mol. The number of halogens is 1. The summed E-state index contributed by atoms with van der Waals surface area (Å²) in [4.78, 5) is 12.6. The van der Waals surface area contributed by atoms with Crippen LogP contribution in [0.2, 0.25) is 0 Å². The van der Waals surface area contributed by atoms with E-state index in [2.05, 4.69) is 15.9 Å². The SMILES string of the molecule is CN(Cc1ccccc1)c1cc(Br)ccc1[N+](=O)[O-]. The molecular weight excluding hydrogens is 308 g/mol. The molecule has 98 valence electrons. The molecule has 0 saturated carbocycles. The molecule has 0 aliphatic heterocycles. The van der Waals surface area contributed by atoms with Gasteiger partial charge < -0.3 is 4.90 Å². The molecule has 0 spiro atoms. The summed E-state index contributed by atoms with van der Waals surface area (Å²) in [5, 5.41) is 11.1. The molecule has 0 radical (unpaired) electrons. The summed E-state index contributed by atoms with van der Waals surface area (Å²) < 4.78 is 0.827. The molecule has 19 heavy (non-hydrogen) atoms. The van der Waals surface area contributed by atoms with Gasteiger partial charge in [0.15, 0.2) is 0 Å². The van der Waals surface area contributed by atoms with Gasteiger partial charge >= 0.3 is 0 Å². The van der Waals surface area contributed by atoms with E-state index in [9.17, 15) is 10.1 Å². The van der Waals surface area contributed by atoms with Crippen LogP contribution in [0.25, 0.3) is 0 Å². The molecule has 0 bridgehead atoms. The van der Waals surface area contributed by atoms with E-state index in [-0.39, 0.29) is 10.6 Å². The highest BCUT2D eigenvalue weighted by molar-refractivity contribution is 9.10. The Balaban J connectivity index is 2.30. The van der Waals surface area contributed by atoms with Crippen molar-refractivity contribution in [2.24, 2.45) is 0 Å². The molecule has 0 fully saturated rings. The Bertz CT molecular complexity index is 587. The Kier molecular flexibility index (Phi) is 4.16. The van der Waals surface area contributed by atoms with Gasteiger partial charge in [-0.1, -0.05) is 46.3 Å². The van der Waals surface area contributed by atoms with Crippen molar-refractivity contribution in [3.05, 3.63) is 68.7 Å². The third-order valence-corrected chi connectivity index (χ3v) is 3.30. The molecule has 0 amide bonds. The van der Waals surface area contributed by atoms with Gasteiger partial charge in [0, 0.05) is 24.1 Å². The van der Waals surface area contributed by atoms with Crippen molar-refractivity contribution in [2.45, 2.75) is 6.54 Å². The minimum absolute atomic E-state index is 0.113. The minimum Gasteiger partial charge on any atom is -0.365 e. The Morgan fingerprint density at radius 3 is 2.53 bits per heavy atom. The van der Waals surface area contributed by atoms with Gasteiger partial charge in [0.05, 0.1) is 4.92 Å². The Morgan fingerprint density at radius 1 is 1.21 bits per heavy atom. The van der Waals surface area contributed by atoms with E-state index in [1.807, 2.05) is 42.3 Å². The third-order valence-electron chi connectivity index (χ3n) is 2.81. The lowest BCUT2D eigenvalue weighted by Gasteiger charge is -2.19. The summed E-state index contributed by atoms with van der Waals surface area (Å²) in [6, 6.07) is 14.8. The molecule has 2 rings (SSSR count). The molecule has 4 nitrogen and oxygen atoms in total. The molecular formula is C14H13BrN2O2. The van der Waals surface area contributed by atoms with Crippen LogP contribution in [0.4, 0.5) is 11.4 Å². The zero-order valence-corrected chi connectivity index (χ0v) is 12.0. The van der Waals surface area contributed by atoms with Gasteiger partial charge in [-0.15, -0.1) is 0 Å². The van der Waals surface area contributed by atoms with Crippen molar-refractivity contribution < 1.29 is 4.92 Å². The number of benzene rings is 2. The van der Waals surface area contributed by atoms with Gasteiger partial charge in [0.1, 0.15) is 5.69 Å². The van der Waals surface area contributed by atoms with Crippen LogP contribution in [0.3, 0.4) is 0 Å². The fourth-order valence-electron chi connectivity index (χ4n) is 1.90. The first-order valence-electron chi connectivity index (χ1n) is 5.77. The maximum Gasteiger partial charge on any atom is 0.292 e. The Hall–Kier alpha value is -1.88. The van der Waals surface area contributed by atoms with Crippen molar-refractivity contribution in [1.82, 2.24) is 0 Å². The van der Waals surface area contributed by atoms with E-state index in [0.29, 0.717) is 12.2 Å². The van der Waals surface area contributed by atoms with E-state index in [0.717, 1.165) is 10.0 Å². The van der Waals surface area contributed by atoms with Crippen LogP contribution in [0.1, 0.15) is 5.56 Å². The van der Waals surface area contributed by atoms with Crippen LogP contribution >= 0.6 is 15.9 Å². The molecule has 5 heteroatoms. The standard InChI is InChI=1S/C14H13BrN2O2/c1-16(10-11-5-3-2-4-6-11)14-9-12(15)7-8-13(14)17(18)19/h2-9H,10H2,1H3. The molecule has 2 aromatic carbocycles. The second kappa shape index (κ2) is 5.84. The first kappa shape index (κ1) is 13.5. The summed E-state index contributed by atoms with van der Waals surface area (Å²) in [5.41, 5.74) is 1.82. The summed E-state index contributed by atoms with van der Waals surface area (Å²) in [5.74, 6) is 0. The number of anilines is 1. The highest BCUT2D eigenvalue weighted by atomic mass is 79.9. The van der Waals surface area contributed by atoms with Crippen molar-refractivity contribution >= 4 is 27.3 Å². The summed E-state index contributed by atoms with van der Waals surface area (Å²) in [6.45, 7) is 0.623. The number of nitro groups is 1. The van der Waals surface area contributed by atoms with Crippen molar-refractivity contribution in [1.29, 1.82) is 0 Å². The van der Waals surface area contributed by atoms with E-state index in [1.54, 1.807) is 12.1 Å². The molecule has 0 aliphatic carbocycles. The molecule has 0 unspecified atom stereocenters. The highest BCUT2D eigenvalue weighted by Crippen LogP contribution is 2.31. The fourth-order valence-corrected chi connectivity index (χ4v) is 2.25. The number of nitro benzene ring substituents is 1. The molecule has 0 N–H and O–H groups in total. The van der Waals surface area contributed by atoms with E-state index >= 15 is 0 Å². The van der Waals surface area contributed by atoms with Crippen LogP contribution in [-0.4, -0.2) is 12.0 Å². The summed E-state index contributed by atoms with van der Waals surface area (Å²) >= 11 is 3.35. The topological polar surface area (TPSA) is 46.4 Å². The van der Waals surface area contributed by atoms with E-state index in [4.69, 9.17) is 0 Å². The summed E-state index contributed by atoms with van der Waals surface area (Å²) in [6.07, 6.45) is 0. The number of hydrogen-bond donors (Lipinski definition) is 0. The lowest BCUT2D eigenvalue weighted by atomic mass is 10.2. The third kappa shape index (κ3) is 3.32. The second-order valence-corrected chi connectivity index (χ2v) is 5.15. The Labute approximate surface area is 119 Å². The average Bonchev–Trinajstić information content (AvgIpc) is 2.39. The molecule has 0 saturated heterocycles. The molecule has 0 heterocycles. The van der Waals surface area contributed by atoms with Crippen molar-refractivity contribution in [3.63, 3.8) is 0 Å². The lowest BCUT2D eigenvalue weighted by molar-refractivity contribution is -0.384. The largest absolute Gasteiger partial charge is 0.365 e. The zero-order chi connectivity index (χ0) is 13.8. The maximum atomic E-state index is 11.1. The number of hydrogen-bond acceptors (Lipinski definition) is 3. The van der Waals surface area contributed by atoms with E-state index < -0.39 is 0 Å². The van der Waals surface area contributed by atoms with Crippen LogP contribution in [0.5, 0.6) is 0 Å². The quantitative estimate of drug-likeness (QED) is 0.632. The maximum absolute atomic E-state index is 11.1. The van der Waals surface area contributed by atoms with Gasteiger partial charge in [0.2, 0.25) is 0 Å². The summed E-state index contributed by atoms with van der Waals surface area (Å²) in [7, 11) is 1.85. The minimum atomic E-state index is -0.358. The molecule has 0 aromatic heterocycles. The van der Waals surface area contributed by atoms with Crippen molar-refractivity contribution in [2.75, 3.05) is 11.9 Å². The predicted octanol–water partition coefficient (Wildman–Crippen LogP) is 3.99. The monoisotopic (exact) mass is 320 g/mol. The highest BCUT2D eigenvalue weighted by Gasteiger charge is 2.17. The molecule has 0 aliphatic rings. The van der Waals surface area contributed by atoms with Gasteiger partial charge in [-0.3, -0.25) is 10.1 Å². The van der Waals surface area contributed by atoms with Crippen LogP contribution in [0.15, 0.2) is 53.0 Å². The first-order chi connectivity index (χ1) is 9.08. The number of nitrogens with zero attached hydrogens (tertiary/aromatic N) is 2. The second-order valence-electron chi connectivity index (χ2n) is 4.23. The van der Waals surface area contributed by atoms with Gasteiger partial charge in [-0.05, 0) is 17.7 Å². The number of rotatable bonds is 4. The predicted molar refractivity (Wildman–Crippen MR) is 79.3 cm³/mol.